The van der Waals surface area contributed by atoms with E-state index in [1.54, 1.807) is 10.6 Å². The van der Waals surface area contributed by atoms with Gasteiger partial charge in [-0.15, -0.1) is 21.5 Å². The van der Waals surface area contributed by atoms with E-state index in [-0.39, 0.29) is 5.91 Å². The van der Waals surface area contributed by atoms with Gasteiger partial charge in [0.05, 0.1) is 5.02 Å². The SMILES string of the molecule is CCc1nnc2sc(-c3ccc(C)c(NC(=O)c4sc5cc(Cl)ccc5c4Cl)c3)nn12. The fourth-order valence-electron chi connectivity index (χ4n) is 3.25. The molecule has 3 heterocycles. The molecule has 0 aliphatic heterocycles. The lowest BCUT2D eigenvalue weighted by molar-refractivity contribution is 0.103. The average Bonchev–Trinajstić information content (AvgIpc) is 3.42. The number of benzene rings is 2. The lowest BCUT2D eigenvalue weighted by Gasteiger charge is -2.09. The van der Waals surface area contributed by atoms with Gasteiger partial charge in [0, 0.05) is 32.8 Å². The number of aromatic nitrogens is 4. The van der Waals surface area contributed by atoms with Gasteiger partial charge in [0.25, 0.3) is 5.91 Å². The zero-order valence-corrected chi connectivity index (χ0v) is 19.6. The van der Waals surface area contributed by atoms with Crippen LogP contribution >= 0.6 is 45.9 Å². The Bertz CT molecular complexity index is 1470. The van der Waals surface area contributed by atoms with Crippen LogP contribution < -0.4 is 5.32 Å². The number of nitrogens with one attached hydrogen (secondary N) is 1. The van der Waals surface area contributed by atoms with Gasteiger partial charge in [0.15, 0.2) is 5.82 Å². The number of anilines is 1. The van der Waals surface area contributed by atoms with E-state index in [0.717, 1.165) is 43.4 Å². The first-order valence-corrected chi connectivity index (χ1v) is 11.8. The number of rotatable bonds is 4. The van der Waals surface area contributed by atoms with E-state index in [1.807, 2.05) is 44.2 Å². The third-order valence-electron chi connectivity index (χ3n) is 4.90. The van der Waals surface area contributed by atoms with Crippen LogP contribution in [0.5, 0.6) is 0 Å². The topological polar surface area (TPSA) is 72.2 Å². The maximum atomic E-state index is 13.0. The Kier molecular flexibility index (Phi) is 5.18. The van der Waals surface area contributed by atoms with Gasteiger partial charge in [-0.1, -0.05) is 59.7 Å². The molecule has 0 atom stereocenters. The Balaban J connectivity index is 1.48. The van der Waals surface area contributed by atoms with Crippen molar-refractivity contribution in [2.24, 2.45) is 0 Å². The molecule has 0 fully saturated rings. The molecule has 0 aliphatic carbocycles. The highest BCUT2D eigenvalue weighted by atomic mass is 35.5. The van der Waals surface area contributed by atoms with Crippen molar-refractivity contribution in [3.05, 3.63) is 62.7 Å². The molecule has 0 spiro atoms. The molecule has 0 unspecified atom stereocenters. The highest BCUT2D eigenvalue weighted by Gasteiger charge is 2.19. The summed E-state index contributed by atoms with van der Waals surface area (Å²) >= 11 is 15.3. The van der Waals surface area contributed by atoms with E-state index in [4.69, 9.17) is 23.2 Å². The molecule has 2 aromatic carbocycles. The Morgan fingerprint density at radius 2 is 1.97 bits per heavy atom. The molecule has 5 rings (SSSR count). The van der Waals surface area contributed by atoms with Gasteiger partial charge in [-0.05, 0) is 30.7 Å². The monoisotopic (exact) mass is 487 g/mol. The van der Waals surface area contributed by atoms with Gasteiger partial charge in [0.1, 0.15) is 9.88 Å². The lowest BCUT2D eigenvalue weighted by atomic mass is 10.1. The summed E-state index contributed by atoms with van der Waals surface area (Å²) in [7, 11) is 0. The Hall–Kier alpha value is -2.52. The number of nitrogens with zero attached hydrogens (tertiary/aromatic N) is 4. The van der Waals surface area contributed by atoms with Crippen LogP contribution in [0.15, 0.2) is 36.4 Å². The standard InChI is InChI=1S/C21H15Cl2N5OS2/c1-3-16-25-26-21-28(16)27-20(31-21)11-5-4-10(2)14(8-11)24-19(29)18-17(23)13-7-6-12(22)9-15(13)30-18/h4-9H,3H2,1-2H3,(H,24,29). The van der Waals surface area contributed by atoms with Gasteiger partial charge in [-0.25, -0.2) is 0 Å². The maximum Gasteiger partial charge on any atom is 0.267 e. The van der Waals surface area contributed by atoms with Crippen LogP contribution in [0.1, 0.15) is 28.0 Å². The predicted molar refractivity (Wildman–Crippen MR) is 128 cm³/mol. The summed E-state index contributed by atoms with van der Waals surface area (Å²) < 4.78 is 2.64. The van der Waals surface area contributed by atoms with Gasteiger partial charge >= 0.3 is 0 Å². The summed E-state index contributed by atoms with van der Waals surface area (Å²) in [6.45, 7) is 3.96. The van der Waals surface area contributed by atoms with Crippen molar-refractivity contribution in [2.45, 2.75) is 20.3 Å². The molecular weight excluding hydrogens is 473 g/mol. The maximum absolute atomic E-state index is 13.0. The third kappa shape index (κ3) is 3.59. The van der Waals surface area contributed by atoms with E-state index in [0.29, 0.717) is 20.6 Å². The quantitative estimate of drug-likeness (QED) is 0.314. The Morgan fingerprint density at radius 3 is 2.77 bits per heavy atom. The van der Waals surface area contributed by atoms with Crippen molar-refractivity contribution >= 4 is 72.5 Å². The summed E-state index contributed by atoms with van der Waals surface area (Å²) in [5.74, 6) is 0.562. The number of hydrogen-bond donors (Lipinski definition) is 1. The number of aryl methyl sites for hydroxylation is 2. The van der Waals surface area contributed by atoms with Crippen LogP contribution in [-0.2, 0) is 6.42 Å². The minimum absolute atomic E-state index is 0.256. The molecule has 0 aliphatic rings. The average molecular weight is 488 g/mol. The van der Waals surface area contributed by atoms with Crippen LogP contribution in [0.2, 0.25) is 10.0 Å². The van der Waals surface area contributed by atoms with Crippen molar-refractivity contribution in [2.75, 3.05) is 5.32 Å². The molecule has 10 heteroatoms. The zero-order valence-electron chi connectivity index (χ0n) is 16.4. The van der Waals surface area contributed by atoms with E-state index in [1.165, 1.54) is 22.7 Å². The Labute approximate surface area is 195 Å². The number of amides is 1. The number of halogens is 2. The molecule has 1 N–H and O–H groups in total. The number of thiophene rings is 1. The number of hydrogen-bond acceptors (Lipinski definition) is 6. The molecule has 5 aromatic rings. The first-order valence-electron chi connectivity index (χ1n) is 9.45. The molecule has 1 amide bonds. The predicted octanol–water partition coefficient (Wildman–Crippen LogP) is 6.50. The minimum atomic E-state index is -0.256. The second kappa shape index (κ2) is 7.87. The van der Waals surface area contributed by atoms with Crippen molar-refractivity contribution in [1.82, 2.24) is 19.8 Å². The smallest absolute Gasteiger partial charge is 0.267 e. The molecule has 3 aromatic heterocycles. The zero-order chi connectivity index (χ0) is 21.7. The van der Waals surface area contributed by atoms with Crippen LogP contribution in [-0.4, -0.2) is 25.7 Å². The molecule has 156 valence electrons. The summed E-state index contributed by atoms with van der Waals surface area (Å²) in [4.78, 5) is 14.2. The molecule has 0 radical (unpaired) electrons. The second-order valence-corrected chi connectivity index (χ2v) is 9.76. The molecule has 6 nitrogen and oxygen atoms in total. The lowest BCUT2D eigenvalue weighted by Crippen LogP contribution is -2.11. The van der Waals surface area contributed by atoms with Gasteiger partial charge in [0.2, 0.25) is 4.96 Å². The summed E-state index contributed by atoms with van der Waals surface area (Å²) in [5.41, 5.74) is 2.54. The molecule has 31 heavy (non-hydrogen) atoms. The normalized spacial score (nSPS) is 11.5. The van der Waals surface area contributed by atoms with Gasteiger partial charge in [-0.2, -0.15) is 9.61 Å². The largest absolute Gasteiger partial charge is 0.321 e. The highest BCUT2D eigenvalue weighted by Crippen LogP contribution is 2.37. The number of fused-ring (bicyclic) bond motifs is 2. The summed E-state index contributed by atoms with van der Waals surface area (Å²) in [6.07, 6.45) is 0.751. The van der Waals surface area contributed by atoms with Crippen molar-refractivity contribution < 1.29 is 4.79 Å². The van der Waals surface area contributed by atoms with E-state index in [2.05, 4.69) is 20.6 Å². The number of carbonyl (C=O) groups is 1. The summed E-state index contributed by atoms with van der Waals surface area (Å²) in [5, 5.41) is 18.6. The molecule has 0 saturated heterocycles. The van der Waals surface area contributed by atoms with Crippen LogP contribution in [0.4, 0.5) is 5.69 Å². The fourth-order valence-corrected chi connectivity index (χ4v) is 5.79. The van der Waals surface area contributed by atoms with Crippen LogP contribution in [0.25, 0.3) is 25.6 Å². The number of carbonyl (C=O) groups excluding carboxylic acids is 1. The van der Waals surface area contributed by atoms with Crippen molar-refractivity contribution in [3.63, 3.8) is 0 Å². The minimum Gasteiger partial charge on any atom is -0.321 e. The van der Waals surface area contributed by atoms with Crippen molar-refractivity contribution in [1.29, 1.82) is 0 Å². The first-order chi connectivity index (χ1) is 14.9. The van der Waals surface area contributed by atoms with Crippen LogP contribution in [0, 0.1) is 6.92 Å². The molecule has 0 bridgehead atoms. The first kappa shape index (κ1) is 20.4. The molecule has 0 saturated carbocycles. The van der Waals surface area contributed by atoms with Crippen LogP contribution in [0.3, 0.4) is 0 Å². The van der Waals surface area contributed by atoms with E-state index in [9.17, 15) is 4.79 Å². The second-order valence-electron chi connectivity index (χ2n) is 6.94. The van der Waals surface area contributed by atoms with E-state index >= 15 is 0 Å². The van der Waals surface area contributed by atoms with Crippen molar-refractivity contribution in [3.8, 4) is 10.6 Å². The summed E-state index contributed by atoms with van der Waals surface area (Å²) in [6, 6.07) is 11.3. The van der Waals surface area contributed by atoms with E-state index < -0.39 is 0 Å². The Morgan fingerprint density at radius 1 is 1.13 bits per heavy atom. The highest BCUT2D eigenvalue weighted by molar-refractivity contribution is 7.21. The molecular formula is C21H15Cl2N5OS2. The van der Waals surface area contributed by atoms with Gasteiger partial charge < -0.3 is 5.32 Å². The fraction of sp³-hybridized carbons (Fsp3) is 0.143. The van der Waals surface area contributed by atoms with Gasteiger partial charge in [-0.3, -0.25) is 4.79 Å². The third-order valence-corrected chi connectivity index (χ3v) is 7.74.